The zero-order chi connectivity index (χ0) is 31.6. The smallest absolute Gasteiger partial charge is 0.0843 e. The molecule has 0 amide bonds. The van der Waals surface area contributed by atoms with Gasteiger partial charge in [-0.3, -0.25) is 4.98 Å². The van der Waals surface area contributed by atoms with E-state index in [2.05, 4.69) is 4.98 Å². The largest absolute Gasteiger partial charge is 0.344 e. The topological polar surface area (TPSA) is 21.1 Å². The molecule has 0 spiro atoms. The molecule has 2 aromatic heterocycles. The maximum Gasteiger partial charge on any atom is 0.0843 e. The van der Waals surface area contributed by atoms with Gasteiger partial charge in [-0.15, -0.1) is 0 Å². The Balaban J connectivity index is 2.23. The molecule has 0 saturated heterocycles. The van der Waals surface area contributed by atoms with Crippen molar-refractivity contribution in [1.29, 1.82) is 0 Å². The number of hydrogen-bond donors (Lipinski definition) is 0. The first-order chi connectivity index (χ1) is 18.3. The molecule has 124 valence electrons. The number of rotatable bonds is 3. The zero-order valence-corrected chi connectivity index (χ0v) is 13.0. The van der Waals surface area contributed by atoms with Crippen LogP contribution in [-0.4, -0.2) is 27.9 Å². The van der Waals surface area contributed by atoms with Crippen molar-refractivity contribution in [2.75, 3.05) is 13.5 Å². The van der Waals surface area contributed by atoms with Gasteiger partial charge in [0.2, 0.25) is 0 Å². The number of fused-ring (bicyclic) bond motifs is 3. The molecule has 4 rings (SSSR count). The van der Waals surface area contributed by atoms with Crippen LogP contribution in [0.2, 0.25) is 0 Å². The van der Waals surface area contributed by atoms with Crippen LogP contribution in [0.1, 0.15) is 51.4 Å². The summed E-state index contributed by atoms with van der Waals surface area (Å²) in [5, 5.41) is -0.492. The fourth-order valence-electron chi connectivity index (χ4n) is 2.48. The number of benzene rings is 1. The lowest BCUT2D eigenvalue weighted by atomic mass is 10.0. The molecule has 1 aromatic carbocycles. The van der Waals surface area contributed by atoms with Crippen LogP contribution in [0.15, 0.2) is 36.4 Å². The summed E-state index contributed by atoms with van der Waals surface area (Å²) in [7, 11) is 0. The Labute approximate surface area is 167 Å². The minimum atomic E-state index is -3.59. The number of hydrogen-bond acceptors (Lipinski definition) is 2. The Morgan fingerprint density at radius 2 is 2.25 bits per heavy atom. The molecule has 3 heteroatoms. The first kappa shape index (κ1) is 5.43. The maximum absolute atomic E-state index is 8.79. The van der Waals surface area contributed by atoms with Gasteiger partial charge in [0.05, 0.1) is 8.22 Å². The van der Waals surface area contributed by atoms with E-state index in [1.54, 1.807) is 0 Å². The maximum atomic E-state index is 8.79. The minimum Gasteiger partial charge on any atom is -0.344 e. The van der Waals surface area contributed by atoms with Crippen LogP contribution in [0.25, 0.3) is 10.9 Å². The average Bonchev–Trinajstić information content (AvgIpc) is 3.13. The van der Waals surface area contributed by atoms with E-state index in [0.29, 0.717) is 4.57 Å². The molecule has 3 aromatic rings. The monoisotopic (exact) mass is 336 g/mol. The van der Waals surface area contributed by atoms with Crippen molar-refractivity contribution >= 4 is 10.9 Å². The van der Waals surface area contributed by atoms with Crippen molar-refractivity contribution in [1.82, 2.24) is 14.5 Å². The third-order valence-corrected chi connectivity index (χ3v) is 3.57. The predicted molar refractivity (Wildman–Crippen MR) is 99.4 cm³/mol. The number of aryl methyl sites for hydroxylation is 2. The van der Waals surface area contributed by atoms with Crippen LogP contribution in [0.3, 0.4) is 0 Å². The second-order valence-electron chi connectivity index (χ2n) is 5.33. The molecule has 3 heterocycles. The molecule has 0 aliphatic carbocycles. The lowest BCUT2D eigenvalue weighted by Gasteiger charge is -2.24. The highest BCUT2D eigenvalue weighted by Crippen LogP contribution is 2.31. The van der Waals surface area contributed by atoms with Gasteiger partial charge in [0, 0.05) is 69.5 Å². The van der Waals surface area contributed by atoms with Gasteiger partial charge in [-0.1, -0.05) is 17.6 Å². The third kappa shape index (κ3) is 2.73. The summed E-state index contributed by atoms with van der Waals surface area (Å²) in [5.74, 6) is 0. The number of likely N-dealkylation sites (N-methyl/N-ethyl adjacent to an activating group) is 1. The number of pyridine rings is 1. The van der Waals surface area contributed by atoms with E-state index in [0.717, 1.165) is 0 Å². The fraction of sp³-hybridized carbons (Fsp3) is 0.381. The van der Waals surface area contributed by atoms with Crippen LogP contribution in [-0.2, 0) is 25.8 Å². The molecule has 0 bridgehead atoms. The number of nitrogens with zero attached hydrogens (tertiary/aromatic N) is 3. The molecule has 0 radical (unpaired) electrons. The van der Waals surface area contributed by atoms with Crippen molar-refractivity contribution in [2.24, 2.45) is 0 Å². The van der Waals surface area contributed by atoms with Crippen molar-refractivity contribution in [3.05, 3.63) is 64.5 Å². The fourth-order valence-corrected chi connectivity index (χ4v) is 2.48. The van der Waals surface area contributed by atoms with Crippen molar-refractivity contribution in [2.45, 2.75) is 39.6 Å². The van der Waals surface area contributed by atoms with E-state index in [1.165, 1.54) is 13.8 Å². The Hall–Kier alpha value is -2.13. The Bertz CT molecular complexity index is 1600. The summed E-state index contributed by atoms with van der Waals surface area (Å²) in [5.41, 5.74) is -3.03. The van der Waals surface area contributed by atoms with Crippen molar-refractivity contribution < 1.29 is 23.3 Å². The van der Waals surface area contributed by atoms with E-state index in [4.69, 9.17) is 23.3 Å². The SMILES string of the molecule is [2H]c1nc(C)c([2H])c([2H])c1C([2H])([2H])Cn1c2c(c3c([2H])c(C)c([2H])c([2H])c31)C([2H])([2H])N(C([2H])([2H])[2H])C([2H])([2H])C2([2H])[2H]. The van der Waals surface area contributed by atoms with Gasteiger partial charge in [0.25, 0.3) is 0 Å². The van der Waals surface area contributed by atoms with E-state index in [9.17, 15) is 0 Å². The highest BCUT2D eigenvalue weighted by Gasteiger charge is 2.22. The van der Waals surface area contributed by atoms with Crippen LogP contribution < -0.4 is 0 Å². The van der Waals surface area contributed by atoms with Gasteiger partial charge in [-0.25, -0.2) is 0 Å². The van der Waals surface area contributed by atoms with E-state index in [1.807, 2.05) is 0 Å². The molecule has 0 unspecified atom stereocenters. The number of aromatic nitrogens is 2. The van der Waals surface area contributed by atoms with Gasteiger partial charge in [0.15, 0.2) is 0 Å². The Kier molecular flexibility index (Phi) is 1.37. The summed E-state index contributed by atoms with van der Waals surface area (Å²) in [6.45, 7) is -8.89. The van der Waals surface area contributed by atoms with Crippen LogP contribution >= 0.6 is 0 Å². The normalized spacial score (nSPS) is 32.7. The van der Waals surface area contributed by atoms with Gasteiger partial charge >= 0.3 is 0 Å². The van der Waals surface area contributed by atoms with Gasteiger partial charge < -0.3 is 9.47 Å². The lowest BCUT2D eigenvalue weighted by molar-refractivity contribution is 0.309. The highest BCUT2D eigenvalue weighted by atomic mass is 15.1. The molecule has 1 aliphatic heterocycles. The summed E-state index contributed by atoms with van der Waals surface area (Å²) in [6.07, 6.45) is -6.93. The second kappa shape index (κ2) is 6.06. The third-order valence-electron chi connectivity index (χ3n) is 3.57. The van der Waals surface area contributed by atoms with Crippen LogP contribution in [0.4, 0.5) is 0 Å². The van der Waals surface area contributed by atoms with Gasteiger partial charge in [-0.05, 0) is 56.5 Å². The minimum absolute atomic E-state index is 0.0209. The summed E-state index contributed by atoms with van der Waals surface area (Å²) < 4.78 is 144. The standard InChI is InChI=1S/C21H25N3/c1-15-4-7-20-18(12-15)19-14-23(3)10-9-21(19)24(20)11-8-17-6-5-16(2)22-13-17/h4-7,12-13H,8-11,14H2,1-3H3/i3D3,4D,5D,6D,7D,8D2,9D2,10D2,12D,13D,14D2. The van der Waals surface area contributed by atoms with Crippen LogP contribution in [0.5, 0.6) is 0 Å². The molecule has 0 saturated carbocycles. The van der Waals surface area contributed by atoms with Gasteiger partial charge in [0.1, 0.15) is 0 Å². The molecule has 0 N–H and O–H groups in total. The molecule has 3 nitrogen and oxygen atoms in total. The Morgan fingerprint density at radius 3 is 3.12 bits per heavy atom. The quantitative estimate of drug-likeness (QED) is 0.723. The van der Waals surface area contributed by atoms with E-state index >= 15 is 0 Å². The van der Waals surface area contributed by atoms with Gasteiger partial charge in [-0.2, -0.15) is 0 Å². The Morgan fingerprint density at radius 1 is 1.33 bits per heavy atom. The van der Waals surface area contributed by atoms with E-state index in [-0.39, 0.29) is 16.2 Å². The molecule has 0 atom stereocenters. The molecule has 0 fully saturated rings. The first-order valence-corrected chi connectivity index (χ1v) is 7.24. The second-order valence-corrected chi connectivity index (χ2v) is 5.33. The van der Waals surface area contributed by atoms with Crippen molar-refractivity contribution in [3.63, 3.8) is 0 Å². The van der Waals surface area contributed by atoms with Crippen molar-refractivity contribution in [3.8, 4) is 0 Å². The average molecular weight is 337 g/mol. The molecule has 24 heavy (non-hydrogen) atoms. The van der Waals surface area contributed by atoms with Crippen LogP contribution in [0, 0.1) is 13.8 Å². The molecular formula is C21H25N3. The highest BCUT2D eigenvalue weighted by molar-refractivity contribution is 5.86. The molecule has 1 aliphatic rings. The zero-order valence-electron chi connectivity index (χ0n) is 30.0. The predicted octanol–water partition coefficient (Wildman–Crippen LogP) is 3.88. The molecular weight excluding hydrogens is 294 g/mol. The first-order valence-electron chi connectivity index (χ1n) is 15.7. The summed E-state index contributed by atoms with van der Waals surface area (Å²) in [4.78, 5) is 3.53. The van der Waals surface area contributed by atoms with E-state index < -0.39 is 103 Å². The summed E-state index contributed by atoms with van der Waals surface area (Å²) in [6, 6.07) is -2.92. The summed E-state index contributed by atoms with van der Waals surface area (Å²) >= 11 is 0. The lowest BCUT2D eigenvalue weighted by Crippen LogP contribution is -2.27.